The van der Waals surface area contributed by atoms with Crippen molar-refractivity contribution in [3.63, 3.8) is 0 Å². The maximum atomic E-state index is 11.4. The molecule has 0 saturated carbocycles. The second-order valence-corrected chi connectivity index (χ2v) is 4.19. The molecule has 0 unspecified atom stereocenters. The molecular weight excluding hydrogens is 294 g/mol. The van der Waals surface area contributed by atoms with Crippen LogP contribution in [-0.4, -0.2) is 26.0 Å². The Kier molecular flexibility index (Phi) is 3.98. The minimum Gasteiger partial charge on any atom is -0.478 e. The van der Waals surface area contributed by atoms with Crippen molar-refractivity contribution in [2.75, 3.05) is 0 Å². The zero-order valence-electron chi connectivity index (χ0n) is 10.9. The highest BCUT2D eigenvalue weighted by Gasteiger charge is 2.18. The summed E-state index contributed by atoms with van der Waals surface area (Å²) < 4.78 is 0. The lowest BCUT2D eigenvalue weighted by Gasteiger charge is -1.97. The summed E-state index contributed by atoms with van der Waals surface area (Å²) in [6.45, 7) is 0. The fourth-order valence-corrected chi connectivity index (χ4v) is 1.72. The van der Waals surface area contributed by atoms with Crippen LogP contribution in [0.3, 0.4) is 0 Å². The lowest BCUT2D eigenvalue weighted by Crippen LogP contribution is -2.25. The highest BCUT2D eigenvalue weighted by Crippen LogP contribution is 2.13. The second-order valence-electron chi connectivity index (χ2n) is 4.19. The van der Waals surface area contributed by atoms with E-state index in [2.05, 4.69) is 4.98 Å². The summed E-state index contributed by atoms with van der Waals surface area (Å²) in [7, 11) is 0. The number of H-pyrrole nitrogens is 2. The van der Waals surface area contributed by atoms with Crippen LogP contribution in [-0.2, 0) is 0 Å². The third-order valence-electron chi connectivity index (χ3n) is 2.73. The second kappa shape index (κ2) is 5.87. The Balaban J connectivity index is 2.42. The summed E-state index contributed by atoms with van der Waals surface area (Å²) in [6.07, 6.45) is 2.61. The first-order valence-corrected chi connectivity index (χ1v) is 5.91. The van der Waals surface area contributed by atoms with Crippen molar-refractivity contribution in [3.8, 4) is 0 Å². The first kappa shape index (κ1) is 14.9. The molecule has 0 bridgehead atoms. The topological polar surface area (TPSA) is 146 Å². The number of carboxylic acid groups (broad SMARTS) is 1. The molecule has 0 radical (unpaired) electrons. The zero-order valence-corrected chi connectivity index (χ0v) is 10.9. The van der Waals surface area contributed by atoms with Crippen molar-refractivity contribution in [2.45, 2.75) is 0 Å². The molecule has 1 aromatic carbocycles. The van der Waals surface area contributed by atoms with E-state index in [-0.39, 0.29) is 11.3 Å². The van der Waals surface area contributed by atoms with E-state index in [1.165, 1.54) is 36.4 Å². The predicted molar refractivity (Wildman–Crippen MR) is 76.7 cm³/mol. The molecule has 0 fully saturated rings. The van der Waals surface area contributed by atoms with Gasteiger partial charge in [0.2, 0.25) is 0 Å². The van der Waals surface area contributed by atoms with Crippen molar-refractivity contribution in [1.82, 2.24) is 9.97 Å². The summed E-state index contributed by atoms with van der Waals surface area (Å²) in [6, 6.07) is 5.68. The smallest absolute Gasteiger partial charge is 0.357 e. The number of hydrogen-bond acceptors (Lipinski definition) is 5. The van der Waals surface area contributed by atoms with E-state index in [4.69, 9.17) is 5.11 Å². The number of nitrogens with zero attached hydrogens (tertiary/aromatic N) is 1. The van der Waals surface area contributed by atoms with Gasteiger partial charge in [-0.05, 0) is 23.8 Å². The Hall–Kier alpha value is -3.49. The van der Waals surface area contributed by atoms with E-state index in [0.29, 0.717) is 5.56 Å². The summed E-state index contributed by atoms with van der Waals surface area (Å²) in [5.41, 5.74) is -2.36. The quantitative estimate of drug-likeness (QED) is 0.563. The molecule has 0 aliphatic heterocycles. The number of nitro groups is 1. The van der Waals surface area contributed by atoms with Crippen LogP contribution in [0.2, 0.25) is 0 Å². The van der Waals surface area contributed by atoms with Gasteiger partial charge in [0.1, 0.15) is 5.69 Å². The van der Waals surface area contributed by atoms with Crippen LogP contribution in [0.15, 0.2) is 33.9 Å². The first-order chi connectivity index (χ1) is 10.4. The number of carboxylic acids is 1. The molecule has 0 aliphatic rings. The average Bonchev–Trinajstić information content (AvgIpc) is 2.44. The molecule has 0 amide bonds. The average molecular weight is 303 g/mol. The summed E-state index contributed by atoms with van der Waals surface area (Å²) in [5, 5.41) is 19.6. The normalized spacial score (nSPS) is 10.7. The maximum absolute atomic E-state index is 11.4. The molecule has 0 aliphatic carbocycles. The molecule has 1 aromatic heterocycles. The molecule has 2 aromatic rings. The van der Waals surface area contributed by atoms with E-state index in [1.807, 2.05) is 0 Å². The predicted octanol–water partition coefficient (Wildman–Crippen LogP) is 0.840. The van der Waals surface area contributed by atoms with Crippen LogP contribution in [0, 0.1) is 10.1 Å². The molecule has 22 heavy (non-hydrogen) atoms. The van der Waals surface area contributed by atoms with Gasteiger partial charge in [-0.3, -0.25) is 19.9 Å². The fraction of sp³-hybridized carbons (Fsp3) is 0. The Labute approximate surface area is 121 Å². The SMILES string of the molecule is O=C(O)c1ccc(C=Cc2[nH]c(=O)[nH]c(=O)c2[N+](=O)[O-])cc1. The number of aromatic amines is 2. The number of aromatic nitrogens is 2. The molecule has 9 nitrogen and oxygen atoms in total. The maximum Gasteiger partial charge on any atom is 0.357 e. The van der Waals surface area contributed by atoms with Crippen LogP contribution in [0.5, 0.6) is 0 Å². The van der Waals surface area contributed by atoms with E-state index in [1.54, 1.807) is 4.98 Å². The van der Waals surface area contributed by atoms with Gasteiger partial charge >= 0.3 is 22.9 Å². The van der Waals surface area contributed by atoms with Gasteiger partial charge in [0.15, 0.2) is 0 Å². The molecule has 0 spiro atoms. The lowest BCUT2D eigenvalue weighted by molar-refractivity contribution is -0.386. The van der Waals surface area contributed by atoms with Crippen molar-refractivity contribution >= 4 is 23.8 Å². The van der Waals surface area contributed by atoms with Gasteiger partial charge in [-0.15, -0.1) is 0 Å². The molecule has 1 heterocycles. The van der Waals surface area contributed by atoms with Crippen molar-refractivity contribution < 1.29 is 14.8 Å². The fourth-order valence-electron chi connectivity index (χ4n) is 1.72. The largest absolute Gasteiger partial charge is 0.478 e. The summed E-state index contributed by atoms with van der Waals surface area (Å²) in [4.78, 5) is 47.2. The Bertz CT molecular complexity index is 876. The standard InChI is InChI=1S/C13H9N3O6/c17-11-10(16(21)22)9(14-13(20)15-11)6-3-7-1-4-8(5-2-7)12(18)19/h1-6H,(H,18,19)(H2,14,15,17,20). The third-order valence-corrected chi connectivity index (χ3v) is 2.73. The van der Waals surface area contributed by atoms with Gasteiger partial charge in [0.05, 0.1) is 10.5 Å². The number of aromatic carboxylic acids is 1. The lowest BCUT2D eigenvalue weighted by atomic mass is 10.1. The molecule has 0 atom stereocenters. The van der Waals surface area contributed by atoms with Gasteiger partial charge in [-0.25, -0.2) is 9.59 Å². The van der Waals surface area contributed by atoms with Gasteiger partial charge in [0.25, 0.3) is 0 Å². The van der Waals surface area contributed by atoms with Crippen LogP contribution >= 0.6 is 0 Å². The molecule has 9 heteroatoms. The summed E-state index contributed by atoms with van der Waals surface area (Å²) >= 11 is 0. The van der Waals surface area contributed by atoms with Gasteiger partial charge in [-0.2, -0.15) is 0 Å². The minimum atomic E-state index is -1.10. The zero-order chi connectivity index (χ0) is 16.3. The number of rotatable bonds is 4. The highest BCUT2D eigenvalue weighted by atomic mass is 16.6. The monoisotopic (exact) mass is 303 g/mol. The molecular formula is C13H9N3O6. The van der Waals surface area contributed by atoms with E-state index >= 15 is 0 Å². The van der Waals surface area contributed by atoms with E-state index in [9.17, 15) is 24.5 Å². The van der Waals surface area contributed by atoms with Crippen molar-refractivity contribution in [1.29, 1.82) is 0 Å². The van der Waals surface area contributed by atoms with Crippen LogP contribution in [0.1, 0.15) is 21.6 Å². The highest BCUT2D eigenvalue weighted by molar-refractivity contribution is 5.88. The molecule has 3 N–H and O–H groups in total. The number of nitrogens with one attached hydrogen (secondary N) is 2. The Morgan fingerprint density at radius 2 is 1.77 bits per heavy atom. The Morgan fingerprint density at radius 3 is 2.32 bits per heavy atom. The molecule has 2 rings (SSSR count). The van der Waals surface area contributed by atoms with Crippen molar-refractivity contribution in [3.05, 3.63) is 72.0 Å². The van der Waals surface area contributed by atoms with E-state index < -0.39 is 27.8 Å². The summed E-state index contributed by atoms with van der Waals surface area (Å²) in [5.74, 6) is -1.08. The van der Waals surface area contributed by atoms with Gasteiger partial charge in [-0.1, -0.05) is 18.2 Å². The van der Waals surface area contributed by atoms with Crippen molar-refractivity contribution in [2.24, 2.45) is 0 Å². The van der Waals surface area contributed by atoms with Gasteiger partial charge < -0.3 is 10.1 Å². The van der Waals surface area contributed by atoms with Gasteiger partial charge in [0, 0.05) is 0 Å². The first-order valence-electron chi connectivity index (χ1n) is 5.91. The Morgan fingerprint density at radius 1 is 1.14 bits per heavy atom. The number of hydrogen-bond donors (Lipinski definition) is 3. The van der Waals surface area contributed by atoms with Crippen LogP contribution in [0.4, 0.5) is 5.69 Å². The third kappa shape index (κ3) is 3.15. The number of benzene rings is 1. The van der Waals surface area contributed by atoms with Crippen LogP contribution < -0.4 is 11.2 Å². The molecule has 112 valence electrons. The molecule has 0 saturated heterocycles. The van der Waals surface area contributed by atoms with E-state index in [0.717, 1.165) is 0 Å². The number of carbonyl (C=O) groups is 1. The van der Waals surface area contributed by atoms with Crippen LogP contribution in [0.25, 0.3) is 12.2 Å². The minimum absolute atomic E-state index is 0.0905.